The minimum absolute atomic E-state index is 0.163. The van der Waals surface area contributed by atoms with E-state index < -0.39 is 0 Å². The molecule has 0 saturated carbocycles. The molecule has 0 unspecified atom stereocenters. The maximum Gasteiger partial charge on any atom is 0.252 e. The van der Waals surface area contributed by atoms with Gasteiger partial charge in [0.15, 0.2) is 0 Å². The monoisotopic (exact) mass is 259 g/mol. The lowest BCUT2D eigenvalue weighted by molar-refractivity contribution is 0.415. The Morgan fingerprint density at radius 3 is 2.79 bits per heavy atom. The molecule has 100 valence electrons. The number of benzene rings is 1. The summed E-state index contributed by atoms with van der Waals surface area (Å²) in [4.78, 5) is 18.6. The Morgan fingerprint density at radius 2 is 2.11 bits per heavy atom. The first kappa shape index (κ1) is 13.1. The summed E-state index contributed by atoms with van der Waals surface area (Å²) in [5, 5.41) is 3.07. The summed E-state index contributed by atoms with van der Waals surface area (Å²) in [5.41, 5.74) is 1.40. The van der Waals surface area contributed by atoms with Crippen molar-refractivity contribution in [2.24, 2.45) is 0 Å². The highest BCUT2D eigenvalue weighted by Crippen LogP contribution is 2.19. The van der Waals surface area contributed by atoms with Crippen molar-refractivity contribution in [3.63, 3.8) is 0 Å². The molecule has 0 fully saturated rings. The second-order valence-electron chi connectivity index (χ2n) is 4.53. The van der Waals surface area contributed by atoms with Gasteiger partial charge in [0.05, 0.1) is 12.8 Å². The molecule has 1 heterocycles. The van der Waals surface area contributed by atoms with Crippen LogP contribution in [-0.2, 0) is 0 Å². The largest absolute Gasteiger partial charge is 0.497 e. The van der Waals surface area contributed by atoms with E-state index in [9.17, 15) is 4.79 Å². The maximum absolute atomic E-state index is 11.6. The molecule has 1 aromatic carbocycles. The van der Waals surface area contributed by atoms with Crippen LogP contribution in [0.2, 0.25) is 0 Å². The van der Waals surface area contributed by atoms with Crippen LogP contribution >= 0.6 is 0 Å². The number of hydrogen-bond acceptors (Lipinski definition) is 4. The van der Waals surface area contributed by atoms with Crippen LogP contribution < -0.4 is 15.6 Å². The van der Waals surface area contributed by atoms with Gasteiger partial charge in [-0.2, -0.15) is 0 Å². The molecule has 0 radical (unpaired) electrons. The summed E-state index contributed by atoms with van der Waals surface area (Å²) in [6.07, 6.45) is 0. The van der Waals surface area contributed by atoms with E-state index in [0.717, 1.165) is 17.1 Å². The van der Waals surface area contributed by atoms with Crippen LogP contribution in [0.5, 0.6) is 5.75 Å². The van der Waals surface area contributed by atoms with Crippen molar-refractivity contribution in [3.8, 4) is 5.75 Å². The molecular weight excluding hydrogens is 242 g/mol. The van der Waals surface area contributed by atoms with Gasteiger partial charge in [-0.15, -0.1) is 0 Å². The van der Waals surface area contributed by atoms with Crippen LogP contribution in [0.4, 0.5) is 11.6 Å². The molecule has 0 amide bonds. The minimum atomic E-state index is -0.163. The summed E-state index contributed by atoms with van der Waals surface area (Å²) in [5.74, 6) is 1.38. The van der Waals surface area contributed by atoms with Crippen molar-refractivity contribution < 1.29 is 4.74 Å². The van der Waals surface area contributed by atoms with E-state index in [1.165, 1.54) is 6.07 Å². The number of aromatic nitrogens is 2. The minimum Gasteiger partial charge on any atom is -0.497 e. The van der Waals surface area contributed by atoms with Crippen molar-refractivity contribution in [2.75, 3.05) is 12.4 Å². The van der Waals surface area contributed by atoms with Gasteiger partial charge < -0.3 is 10.1 Å². The number of rotatable bonds is 4. The van der Waals surface area contributed by atoms with Gasteiger partial charge in [-0.1, -0.05) is 19.9 Å². The molecule has 0 aliphatic rings. The van der Waals surface area contributed by atoms with Gasteiger partial charge in [-0.05, 0) is 18.1 Å². The molecular formula is C14H17N3O2. The van der Waals surface area contributed by atoms with Crippen LogP contribution in [0.25, 0.3) is 0 Å². The highest BCUT2D eigenvalue weighted by Gasteiger charge is 2.05. The van der Waals surface area contributed by atoms with Gasteiger partial charge in [0.2, 0.25) is 5.95 Å². The molecule has 0 aliphatic heterocycles. The number of aromatic amines is 1. The number of methoxy groups -OCH3 is 1. The second kappa shape index (κ2) is 5.56. The van der Waals surface area contributed by atoms with E-state index in [2.05, 4.69) is 15.3 Å². The van der Waals surface area contributed by atoms with E-state index in [4.69, 9.17) is 4.74 Å². The van der Waals surface area contributed by atoms with E-state index >= 15 is 0 Å². The predicted octanol–water partition coefficient (Wildman–Crippen LogP) is 2.65. The topological polar surface area (TPSA) is 67.0 Å². The first-order valence-corrected chi connectivity index (χ1v) is 6.11. The molecule has 0 bridgehead atoms. The van der Waals surface area contributed by atoms with Gasteiger partial charge in [0.1, 0.15) is 5.75 Å². The standard InChI is InChI=1S/C14H17N3O2/c1-9(2)12-8-13(18)17-14(16-12)15-10-5-4-6-11(7-10)19-3/h4-9H,1-3H3,(H2,15,16,17,18). The Balaban J connectivity index is 2.29. The van der Waals surface area contributed by atoms with Crippen LogP contribution in [0, 0.1) is 0 Å². The molecule has 1 aromatic heterocycles. The van der Waals surface area contributed by atoms with Crippen LogP contribution in [-0.4, -0.2) is 17.1 Å². The third kappa shape index (κ3) is 3.34. The van der Waals surface area contributed by atoms with Crippen molar-refractivity contribution in [1.82, 2.24) is 9.97 Å². The number of H-pyrrole nitrogens is 1. The Morgan fingerprint density at radius 1 is 1.32 bits per heavy atom. The fourth-order valence-corrected chi connectivity index (χ4v) is 1.67. The molecule has 0 spiro atoms. The molecule has 0 aliphatic carbocycles. The second-order valence-corrected chi connectivity index (χ2v) is 4.53. The first-order chi connectivity index (χ1) is 9.08. The van der Waals surface area contributed by atoms with E-state index in [1.807, 2.05) is 38.1 Å². The van der Waals surface area contributed by atoms with Crippen LogP contribution in [0.15, 0.2) is 35.1 Å². The van der Waals surface area contributed by atoms with E-state index in [-0.39, 0.29) is 11.5 Å². The number of hydrogen-bond donors (Lipinski definition) is 2. The zero-order chi connectivity index (χ0) is 13.8. The van der Waals surface area contributed by atoms with Crippen molar-refractivity contribution in [2.45, 2.75) is 19.8 Å². The SMILES string of the molecule is COc1cccc(Nc2nc(C(C)C)cc(=O)[nH]2)c1. The third-order valence-corrected chi connectivity index (χ3v) is 2.69. The molecule has 2 rings (SSSR count). The molecule has 0 atom stereocenters. The quantitative estimate of drug-likeness (QED) is 0.885. The maximum atomic E-state index is 11.6. The van der Waals surface area contributed by atoms with E-state index in [1.54, 1.807) is 7.11 Å². The van der Waals surface area contributed by atoms with Gasteiger partial charge in [0.25, 0.3) is 5.56 Å². The van der Waals surface area contributed by atoms with Gasteiger partial charge in [-0.25, -0.2) is 4.98 Å². The molecule has 5 nitrogen and oxygen atoms in total. The highest BCUT2D eigenvalue weighted by atomic mass is 16.5. The Labute approximate surface area is 111 Å². The highest BCUT2D eigenvalue weighted by molar-refractivity contribution is 5.55. The zero-order valence-corrected chi connectivity index (χ0v) is 11.2. The Bertz CT molecular complexity index is 620. The Kier molecular flexibility index (Phi) is 3.85. The average Bonchev–Trinajstić information content (AvgIpc) is 2.38. The average molecular weight is 259 g/mol. The fraction of sp³-hybridized carbons (Fsp3) is 0.286. The van der Waals surface area contributed by atoms with Gasteiger partial charge >= 0.3 is 0 Å². The number of nitrogens with one attached hydrogen (secondary N) is 2. The third-order valence-electron chi connectivity index (χ3n) is 2.69. The molecule has 0 saturated heterocycles. The number of anilines is 2. The molecule has 5 heteroatoms. The Hall–Kier alpha value is -2.30. The number of ether oxygens (including phenoxy) is 1. The summed E-state index contributed by atoms with van der Waals surface area (Å²) in [7, 11) is 1.61. The van der Waals surface area contributed by atoms with E-state index in [0.29, 0.717) is 5.95 Å². The van der Waals surface area contributed by atoms with Crippen LogP contribution in [0.1, 0.15) is 25.5 Å². The fourth-order valence-electron chi connectivity index (χ4n) is 1.67. The zero-order valence-electron chi connectivity index (χ0n) is 11.2. The van der Waals surface area contributed by atoms with Gasteiger partial charge in [0, 0.05) is 17.8 Å². The summed E-state index contributed by atoms with van der Waals surface area (Å²) in [6.45, 7) is 3.99. The van der Waals surface area contributed by atoms with Gasteiger partial charge in [-0.3, -0.25) is 9.78 Å². The summed E-state index contributed by atoms with van der Waals surface area (Å²) < 4.78 is 5.15. The predicted molar refractivity (Wildman–Crippen MR) is 75.2 cm³/mol. The van der Waals surface area contributed by atoms with Crippen molar-refractivity contribution in [1.29, 1.82) is 0 Å². The lowest BCUT2D eigenvalue weighted by Gasteiger charge is -2.09. The lowest BCUT2D eigenvalue weighted by Crippen LogP contribution is -2.12. The van der Waals surface area contributed by atoms with Crippen LogP contribution in [0.3, 0.4) is 0 Å². The summed E-state index contributed by atoms with van der Waals surface area (Å²) in [6, 6.07) is 8.95. The van der Waals surface area contributed by atoms with Crippen molar-refractivity contribution in [3.05, 3.63) is 46.4 Å². The molecule has 2 N–H and O–H groups in total. The molecule has 2 aromatic rings. The molecule has 19 heavy (non-hydrogen) atoms. The smallest absolute Gasteiger partial charge is 0.252 e. The van der Waals surface area contributed by atoms with Crippen molar-refractivity contribution >= 4 is 11.6 Å². The first-order valence-electron chi connectivity index (χ1n) is 6.11. The number of nitrogens with zero attached hydrogens (tertiary/aromatic N) is 1. The lowest BCUT2D eigenvalue weighted by atomic mass is 10.1. The summed E-state index contributed by atoms with van der Waals surface area (Å²) >= 11 is 0. The normalized spacial score (nSPS) is 10.5.